The van der Waals surface area contributed by atoms with E-state index in [-0.39, 0.29) is 5.69 Å². The number of pyridine rings is 1. The number of benzene rings is 1. The van der Waals surface area contributed by atoms with Crippen LogP contribution in [0.2, 0.25) is 0 Å². The van der Waals surface area contributed by atoms with Crippen molar-refractivity contribution in [1.29, 1.82) is 0 Å². The molecule has 1 N–H and O–H groups in total. The van der Waals surface area contributed by atoms with E-state index in [0.717, 1.165) is 23.0 Å². The molecule has 3 aromatic rings. The summed E-state index contributed by atoms with van der Waals surface area (Å²) in [6, 6.07) is 9.55. The van der Waals surface area contributed by atoms with Gasteiger partial charge in [-0.15, -0.1) is 5.10 Å². The van der Waals surface area contributed by atoms with Crippen molar-refractivity contribution in [2.24, 2.45) is 0 Å². The normalized spacial score (nSPS) is 10.9. The molecule has 1 aromatic carbocycles. The van der Waals surface area contributed by atoms with E-state index >= 15 is 0 Å². The Labute approximate surface area is 121 Å². The summed E-state index contributed by atoms with van der Waals surface area (Å²) in [6.07, 6.45) is 3.12. The Balaban J connectivity index is 2.26. The Hall–Kier alpha value is -2.76. The second-order valence-corrected chi connectivity index (χ2v) is 4.70. The Morgan fingerprint density at radius 1 is 1.29 bits per heavy atom. The lowest BCUT2D eigenvalue weighted by Crippen LogP contribution is -2.07. The monoisotopic (exact) mass is 282 g/mol. The number of carboxylic acid groups (broad SMARTS) is 1. The van der Waals surface area contributed by atoms with Gasteiger partial charge in [0, 0.05) is 11.6 Å². The predicted molar refractivity (Wildman–Crippen MR) is 77.6 cm³/mol. The lowest BCUT2D eigenvalue weighted by Gasteiger charge is -2.08. The van der Waals surface area contributed by atoms with E-state index in [1.54, 1.807) is 10.9 Å². The first-order valence-corrected chi connectivity index (χ1v) is 6.74. The lowest BCUT2D eigenvalue weighted by atomic mass is 10.1. The van der Waals surface area contributed by atoms with Crippen molar-refractivity contribution in [2.45, 2.75) is 19.8 Å². The number of nitrogens with zero attached hydrogens (tertiary/aromatic N) is 4. The van der Waals surface area contributed by atoms with E-state index in [0.29, 0.717) is 12.1 Å². The summed E-state index contributed by atoms with van der Waals surface area (Å²) in [4.78, 5) is 15.7. The third-order valence-electron chi connectivity index (χ3n) is 3.29. The summed E-state index contributed by atoms with van der Waals surface area (Å²) in [7, 11) is 0. The van der Waals surface area contributed by atoms with Crippen LogP contribution in [0.3, 0.4) is 0 Å². The molecule has 0 aliphatic heterocycles. The molecular weight excluding hydrogens is 268 g/mol. The maximum Gasteiger partial charge on any atom is 0.358 e. The molecule has 0 bridgehead atoms. The van der Waals surface area contributed by atoms with E-state index in [1.165, 1.54) is 0 Å². The van der Waals surface area contributed by atoms with Gasteiger partial charge in [-0.05, 0) is 18.6 Å². The number of carboxylic acids is 1. The highest BCUT2D eigenvalue weighted by molar-refractivity contribution is 5.88. The SMILES string of the molecule is CCCc1c(C(=O)O)nnn1-c1cccc2cccnc12. The third-order valence-corrected chi connectivity index (χ3v) is 3.29. The first kappa shape index (κ1) is 13.2. The van der Waals surface area contributed by atoms with E-state index in [1.807, 2.05) is 37.3 Å². The summed E-state index contributed by atoms with van der Waals surface area (Å²) < 4.78 is 1.59. The van der Waals surface area contributed by atoms with Crippen LogP contribution in [-0.4, -0.2) is 31.1 Å². The molecule has 6 heteroatoms. The van der Waals surface area contributed by atoms with Gasteiger partial charge >= 0.3 is 5.97 Å². The Morgan fingerprint density at radius 3 is 2.86 bits per heavy atom. The van der Waals surface area contributed by atoms with Crippen LogP contribution in [0, 0.1) is 0 Å². The van der Waals surface area contributed by atoms with E-state index < -0.39 is 5.97 Å². The summed E-state index contributed by atoms with van der Waals surface area (Å²) in [5.41, 5.74) is 2.13. The minimum Gasteiger partial charge on any atom is -0.476 e. The minimum absolute atomic E-state index is 0.00443. The molecular formula is C15H14N4O2. The van der Waals surface area contributed by atoms with Crippen molar-refractivity contribution in [3.63, 3.8) is 0 Å². The zero-order valence-corrected chi connectivity index (χ0v) is 11.5. The van der Waals surface area contributed by atoms with Crippen LogP contribution < -0.4 is 0 Å². The lowest BCUT2D eigenvalue weighted by molar-refractivity contribution is 0.0689. The van der Waals surface area contributed by atoms with Crippen molar-refractivity contribution in [2.75, 3.05) is 0 Å². The van der Waals surface area contributed by atoms with E-state index in [2.05, 4.69) is 15.3 Å². The quantitative estimate of drug-likeness (QED) is 0.795. The number of rotatable bonds is 4. The first-order chi connectivity index (χ1) is 10.2. The minimum atomic E-state index is -1.06. The summed E-state index contributed by atoms with van der Waals surface area (Å²) in [5.74, 6) is -1.06. The highest BCUT2D eigenvalue weighted by Crippen LogP contribution is 2.22. The number of fused-ring (bicyclic) bond motifs is 1. The molecule has 0 radical (unpaired) electrons. The molecule has 0 fully saturated rings. The summed E-state index contributed by atoms with van der Waals surface area (Å²) in [6.45, 7) is 1.99. The molecule has 3 rings (SSSR count). The van der Waals surface area contributed by atoms with Crippen LogP contribution >= 0.6 is 0 Å². The Kier molecular flexibility index (Phi) is 3.35. The Morgan fingerprint density at radius 2 is 2.10 bits per heavy atom. The van der Waals surface area contributed by atoms with Gasteiger partial charge in [-0.1, -0.05) is 36.8 Å². The molecule has 6 nitrogen and oxygen atoms in total. The van der Waals surface area contributed by atoms with Crippen LogP contribution in [0.5, 0.6) is 0 Å². The average Bonchev–Trinajstić information content (AvgIpc) is 2.91. The highest BCUT2D eigenvalue weighted by Gasteiger charge is 2.20. The number of carbonyl (C=O) groups is 1. The van der Waals surface area contributed by atoms with Gasteiger partial charge < -0.3 is 5.11 Å². The number of aromatic carboxylic acids is 1. The molecule has 0 spiro atoms. The van der Waals surface area contributed by atoms with Crippen LogP contribution in [0.1, 0.15) is 29.5 Å². The molecule has 0 unspecified atom stereocenters. The van der Waals surface area contributed by atoms with Crippen molar-refractivity contribution in [3.05, 3.63) is 47.9 Å². The zero-order valence-electron chi connectivity index (χ0n) is 11.5. The largest absolute Gasteiger partial charge is 0.476 e. The third kappa shape index (κ3) is 2.24. The summed E-state index contributed by atoms with van der Waals surface area (Å²) >= 11 is 0. The average molecular weight is 282 g/mol. The van der Waals surface area contributed by atoms with Gasteiger partial charge in [0.1, 0.15) is 0 Å². The second kappa shape index (κ2) is 5.32. The topological polar surface area (TPSA) is 80.9 Å². The van der Waals surface area contributed by atoms with Crippen LogP contribution in [0.4, 0.5) is 0 Å². The second-order valence-electron chi connectivity index (χ2n) is 4.70. The van der Waals surface area contributed by atoms with Gasteiger partial charge in [-0.25, -0.2) is 9.48 Å². The zero-order chi connectivity index (χ0) is 14.8. The van der Waals surface area contributed by atoms with Gasteiger partial charge in [0.25, 0.3) is 0 Å². The van der Waals surface area contributed by atoms with Gasteiger partial charge in [0.2, 0.25) is 0 Å². The molecule has 0 saturated heterocycles. The number of aromatic nitrogens is 4. The van der Waals surface area contributed by atoms with Crippen LogP contribution in [0.15, 0.2) is 36.5 Å². The number of para-hydroxylation sites is 1. The van der Waals surface area contributed by atoms with Crippen LogP contribution in [-0.2, 0) is 6.42 Å². The van der Waals surface area contributed by atoms with Crippen LogP contribution in [0.25, 0.3) is 16.6 Å². The molecule has 2 heterocycles. The fraction of sp³-hybridized carbons (Fsp3) is 0.200. The number of hydrogen-bond donors (Lipinski definition) is 1. The fourth-order valence-corrected chi connectivity index (χ4v) is 2.38. The molecule has 2 aromatic heterocycles. The standard InChI is InChI=1S/C15H14N4O2/c1-2-5-11-14(15(20)21)17-18-19(11)12-8-3-6-10-7-4-9-16-13(10)12/h3-4,6-9H,2,5H2,1H3,(H,20,21). The molecule has 0 aliphatic rings. The van der Waals surface area contributed by atoms with Gasteiger partial charge in [-0.3, -0.25) is 4.98 Å². The Bertz CT molecular complexity index is 805. The molecule has 0 aliphatic carbocycles. The highest BCUT2D eigenvalue weighted by atomic mass is 16.4. The number of hydrogen-bond acceptors (Lipinski definition) is 4. The van der Waals surface area contributed by atoms with Crippen molar-refractivity contribution in [3.8, 4) is 5.69 Å². The van der Waals surface area contributed by atoms with E-state index in [4.69, 9.17) is 0 Å². The van der Waals surface area contributed by atoms with E-state index in [9.17, 15) is 9.90 Å². The fourth-order valence-electron chi connectivity index (χ4n) is 2.38. The molecule has 0 atom stereocenters. The van der Waals surface area contributed by atoms with Gasteiger partial charge in [0.05, 0.1) is 16.9 Å². The van der Waals surface area contributed by atoms with Crippen molar-refractivity contribution < 1.29 is 9.90 Å². The van der Waals surface area contributed by atoms with Gasteiger partial charge in [-0.2, -0.15) is 0 Å². The van der Waals surface area contributed by atoms with Gasteiger partial charge in [0.15, 0.2) is 5.69 Å². The first-order valence-electron chi connectivity index (χ1n) is 6.74. The maximum absolute atomic E-state index is 11.3. The smallest absolute Gasteiger partial charge is 0.358 e. The molecule has 0 saturated carbocycles. The summed E-state index contributed by atoms with van der Waals surface area (Å²) in [5, 5.41) is 18.0. The van der Waals surface area contributed by atoms with Crippen molar-refractivity contribution in [1.82, 2.24) is 20.0 Å². The molecule has 0 amide bonds. The maximum atomic E-state index is 11.3. The molecule has 106 valence electrons. The van der Waals surface area contributed by atoms with Crippen molar-refractivity contribution >= 4 is 16.9 Å². The predicted octanol–water partition coefficient (Wildman–Crippen LogP) is 2.47. The molecule has 21 heavy (non-hydrogen) atoms.